The Balaban J connectivity index is 2.23. The predicted octanol–water partition coefficient (Wildman–Crippen LogP) is 1.87. The molecule has 2 rings (SSSR count). The minimum absolute atomic E-state index is 0.267. The number of aromatic nitrogens is 2. The maximum absolute atomic E-state index is 12.6. The summed E-state index contributed by atoms with van der Waals surface area (Å²) in [7, 11) is 0. The molecule has 0 saturated carbocycles. The van der Waals surface area contributed by atoms with E-state index in [9.17, 15) is 18.0 Å². The van der Waals surface area contributed by atoms with Gasteiger partial charge in [0.1, 0.15) is 6.54 Å². The number of carbonyl (C=O) groups excluding carboxylic acids is 1. The molecule has 1 aromatic rings. The van der Waals surface area contributed by atoms with Crippen molar-refractivity contribution in [2.75, 3.05) is 26.3 Å². The Morgan fingerprint density at radius 1 is 1.38 bits per heavy atom. The van der Waals surface area contributed by atoms with Crippen LogP contribution in [0, 0.1) is 0 Å². The zero-order valence-electron chi connectivity index (χ0n) is 11.8. The van der Waals surface area contributed by atoms with E-state index < -0.39 is 12.7 Å². The van der Waals surface area contributed by atoms with Gasteiger partial charge in [-0.1, -0.05) is 13.3 Å². The van der Waals surface area contributed by atoms with E-state index in [2.05, 4.69) is 5.10 Å². The summed E-state index contributed by atoms with van der Waals surface area (Å²) in [6.07, 6.45) is -2.07. The summed E-state index contributed by atoms with van der Waals surface area (Å²) in [6, 6.07) is 0. The van der Waals surface area contributed by atoms with E-state index in [0.29, 0.717) is 44.8 Å². The van der Waals surface area contributed by atoms with E-state index in [1.807, 2.05) is 6.92 Å². The fourth-order valence-corrected chi connectivity index (χ4v) is 2.33. The number of halogens is 3. The monoisotopic (exact) mass is 305 g/mol. The Hall–Kier alpha value is -1.57. The Morgan fingerprint density at radius 2 is 2.05 bits per heavy atom. The molecule has 1 amide bonds. The number of carbonyl (C=O) groups is 1. The van der Waals surface area contributed by atoms with Crippen LogP contribution >= 0.6 is 0 Å². The number of morpholine rings is 1. The molecule has 0 bridgehead atoms. The van der Waals surface area contributed by atoms with Crippen molar-refractivity contribution in [1.29, 1.82) is 0 Å². The highest BCUT2D eigenvalue weighted by Crippen LogP contribution is 2.21. The Kier molecular flexibility index (Phi) is 4.87. The molecule has 0 spiro atoms. The zero-order valence-corrected chi connectivity index (χ0v) is 11.8. The van der Waals surface area contributed by atoms with Crippen molar-refractivity contribution in [3.8, 4) is 0 Å². The molecule has 1 saturated heterocycles. The van der Waals surface area contributed by atoms with Gasteiger partial charge in [0.15, 0.2) is 0 Å². The van der Waals surface area contributed by atoms with Gasteiger partial charge in [-0.3, -0.25) is 9.48 Å². The molecule has 0 aliphatic carbocycles. The van der Waals surface area contributed by atoms with Crippen molar-refractivity contribution in [2.45, 2.75) is 32.5 Å². The van der Waals surface area contributed by atoms with Crippen LogP contribution < -0.4 is 0 Å². The van der Waals surface area contributed by atoms with Gasteiger partial charge < -0.3 is 9.64 Å². The average Bonchev–Trinajstić information content (AvgIpc) is 2.80. The molecule has 21 heavy (non-hydrogen) atoms. The predicted molar refractivity (Wildman–Crippen MR) is 69.0 cm³/mol. The molecule has 1 aliphatic heterocycles. The van der Waals surface area contributed by atoms with E-state index in [0.717, 1.165) is 4.68 Å². The topological polar surface area (TPSA) is 47.4 Å². The number of amides is 1. The first-order valence-corrected chi connectivity index (χ1v) is 6.91. The van der Waals surface area contributed by atoms with Crippen LogP contribution in [0.3, 0.4) is 0 Å². The molecule has 0 aromatic carbocycles. The Morgan fingerprint density at radius 3 is 2.62 bits per heavy atom. The molecule has 0 unspecified atom stereocenters. The van der Waals surface area contributed by atoms with Crippen LogP contribution in [0.2, 0.25) is 0 Å². The Bertz CT molecular complexity index is 493. The number of hydrogen-bond acceptors (Lipinski definition) is 3. The van der Waals surface area contributed by atoms with Crippen molar-refractivity contribution in [1.82, 2.24) is 14.7 Å². The first-order valence-electron chi connectivity index (χ1n) is 6.91. The standard InChI is InChI=1S/C13H18F3N3O2/c1-2-3-11-10(8-17-19(11)9-13(14,15)16)12(20)18-4-6-21-7-5-18/h8H,2-7,9H2,1H3. The van der Waals surface area contributed by atoms with Gasteiger partial charge in [-0.05, 0) is 6.42 Å². The summed E-state index contributed by atoms with van der Waals surface area (Å²) in [5, 5.41) is 3.75. The van der Waals surface area contributed by atoms with Gasteiger partial charge in [-0.2, -0.15) is 18.3 Å². The minimum Gasteiger partial charge on any atom is -0.378 e. The lowest BCUT2D eigenvalue weighted by Gasteiger charge is -2.26. The van der Waals surface area contributed by atoms with Crippen LogP contribution in [0.5, 0.6) is 0 Å². The van der Waals surface area contributed by atoms with Gasteiger partial charge in [0.25, 0.3) is 5.91 Å². The number of nitrogens with zero attached hydrogens (tertiary/aromatic N) is 3. The van der Waals surface area contributed by atoms with Gasteiger partial charge in [-0.25, -0.2) is 0 Å². The number of alkyl halides is 3. The smallest absolute Gasteiger partial charge is 0.378 e. The zero-order chi connectivity index (χ0) is 15.5. The van der Waals surface area contributed by atoms with E-state index in [1.165, 1.54) is 6.20 Å². The van der Waals surface area contributed by atoms with E-state index >= 15 is 0 Å². The van der Waals surface area contributed by atoms with Crippen molar-refractivity contribution < 1.29 is 22.7 Å². The fraction of sp³-hybridized carbons (Fsp3) is 0.692. The Labute approximate surface area is 120 Å². The van der Waals surface area contributed by atoms with Crippen LogP contribution in [0.1, 0.15) is 29.4 Å². The second kappa shape index (κ2) is 6.46. The third-order valence-electron chi connectivity index (χ3n) is 3.29. The van der Waals surface area contributed by atoms with Gasteiger partial charge in [-0.15, -0.1) is 0 Å². The van der Waals surface area contributed by atoms with Crippen LogP contribution in [-0.2, 0) is 17.7 Å². The average molecular weight is 305 g/mol. The minimum atomic E-state index is -4.35. The fourth-order valence-electron chi connectivity index (χ4n) is 2.33. The van der Waals surface area contributed by atoms with E-state index in [-0.39, 0.29) is 11.5 Å². The molecule has 1 fully saturated rings. The third-order valence-corrected chi connectivity index (χ3v) is 3.29. The van der Waals surface area contributed by atoms with Gasteiger partial charge >= 0.3 is 6.18 Å². The number of rotatable bonds is 4. The molecule has 1 aliphatic rings. The molecule has 0 N–H and O–H groups in total. The third kappa shape index (κ3) is 3.96. The van der Waals surface area contributed by atoms with Crippen molar-refractivity contribution >= 4 is 5.91 Å². The highest BCUT2D eigenvalue weighted by molar-refractivity contribution is 5.95. The SMILES string of the molecule is CCCc1c(C(=O)N2CCOCC2)cnn1CC(F)(F)F. The molecule has 2 heterocycles. The molecular formula is C13H18F3N3O2. The quantitative estimate of drug-likeness (QED) is 0.853. The highest BCUT2D eigenvalue weighted by atomic mass is 19.4. The van der Waals surface area contributed by atoms with Gasteiger partial charge in [0, 0.05) is 13.1 Å². The van der Waals surface area contributed by atoms with E-state index in [1.54, 1.807) is 4.90 Å². The van der Waals surface area contributed by atoms with Crippen LogP contribution in [0.25, 0.3) is 0 Å². The number of hydrogen-bond donors (Lipinski definition) is 0. The van der Waals surface area contributed by atoms with Crippen molar-refractivity contribution in [3.63, 3.8) is 0 Å². The van der Waals surface area contributed by atoms with Crippen LogP contribution in [0.15, 0.2) is 6.20 Å². The molecule has 0 atom stereocenters. The van der Waals surface area contributed by atoms with Crippen molar-refractivity contribution in [2.24, 2.45) is 0 Å². The summed E-state index contributed by atoms with van der Waals surface area (Å²) in [4.78, 5) is 14.0. The second-order valence-corrected chi connectivity index (χ2v) is 4.93. The summed E-state index contributed by atoms with van der Waals surface area (Å²) in [5.74, 6) is -0.268. The lowest BCUT2D eigenvalue weighted by atomic mass is 10.1. The largest absolute Gasteiger partial charge is 0.408 e. The van der Waals surface area contributed by atoms with Gasteiger partial charge in [0.05, 0.1) is 30.7 Å². The van der Waals surface area contributed by atoms with E-state index in [4.69, 9.17) is 4.74 Å². The maximum Gasteiger partial charge on any atom is 0.408 e. The lowest BCUT2D eigenvalue weighted by molar-refractivity contribution is -0.143. The van der Waals surface area contributed by atoms with Crippen LogP contribution in [-0.4, -0.2) is 53.1 Å². The van der Waals surface area contributed by atoms with Crippen LogP contribution in [0.4, 0.5) is 13.2 Å². The van der Waals surface area contributed by atoms with Gasteiger partial charge in [0.2, 0.25) is 0 Å². The number of ether oxygens (including phenoxy) is 1. The molecule has 0 radical (unpaired) electrons. The first-order chi connectivity index (χ1) is 9.92. The van der Waals surface area contributed by atoms with Crippen molar-refractivity contribution in [3.05, 3.63) is 17.5 Å². The first kappa shape index (κ1) is 15.8. The molecular weight excluding hydrogens is 287 g/mol. The summed E-state index contributed by atoms with van der Waals surface area (Å²) >= 11 is 0. The molecule has 118 valence electrons. The second-order valence-electron chi connectivity index (χ2n) is 4.93. The molecule has 1 aromatic heterocycles. The normalized spacial score (nSPS) is 16.3. The maximum atomic E-state index is 12.6. The summed E-state index contributed by atoms with van der Waals surface area (Å²) in [6.45, 7) is 2.49. The summed E-state index contributed by atoms with van der Waals surface area (Å²) in [5.41, 5.74) is 0.620. The molecule has 5 nitrogen and oxygen atoms in total. The summed E-state index contributed by atoms with van der Waals surface area (Å²) < 4.78 is 43.7. The highest BCUT2D eigenvalue weighted by Gasteiger charge is 2.31. The lowest BCUT2D eigenvalue weighted by Crippen LogP contribution is -2.41. The molecule has 8 heteroatoms.